The van der Waals surface area contributed by atoms with Crippen molar-refractivity contribution in [1.29, 1.82) is 0 Å². The summed E-state index contributed by atoms with van der Waals surface area (Å²) in [5.41, 5.74) is 0.0697. The molecule has 2 rings (SSSR count). The van der Waals surface area contributed by atoms with Gasteiger partial charge in [-0.15, -0.1) is 0 Å². The Bertz CT molecular complexity index is 381. The van der Waals surface area contributed by atoms with E-state index >= 15 is 0 Å². The Hall–Kier alpha value is -1.49. The summed E-state index contributed by atoms with van der Waals surface area (Å²) in [6.07, 6.45) is 3.62. The summed E-state index contributed by atoms with van der Waals surface area (Å²) in [7, 11) is 2.01. The third-order valence-electron chi connectivity index (χ3n) is 2.71. The molecular weight excluding hydrogens is 194 g/mol. The number of hydrogen-bond acceptors (Lipinski definition) is 4. The average molecular weight is 207 g/mol. The van der Waals surface area contributed by atoms with E-state index in [0.717, 1.165) is 19.4 Å². The maximum Gasteiger partial charge on any atom is 0.354 e. The minimum Gasteiger partial charge on any atom is -0.477 e. The van der Waals surface area contributed by atoms with Crippen LogP contribution in [0.1, 0.15) is 35.2 Å². The molecular formula is C10H13N3O2. The lowest BCUT2D eigenvalue weighted by Crippen LogP contribution is -2.20. The minimum absolute atomic E-state index is 0.0697. The van der Waals surface area contributed by atoms with Crippen molar-refractivity contribution in [3.8, 4) is 0 Å². The Morgan fingerprint density at radius 2 is 2.47 bits per heavy atom. The van der Waals surface area contributed by atoms with Crippen LogP contribution in [0.15, 0.2) is 12.3 Å². The van der Waals surface area contributed by atoms with Gasteiger partial charge in [0.05, 0.1) is 6.04 Å². The van der Waals surface area contributed by atoms with E-state index in [1.807, 2.05) is 7.05 Å². The fourth-order valence-electron chi connectivity index (χ4n) is 1.89. The highest BCUT2D eigenvalue weighted by Gasteiger charge is 2.25. The van der Waals surface area contributed by atoms with E-state index in [1.165, 1.54) is 12.3 Å². The molecule has 1 aromatic rings. The van der Waals surface area contributed by atoms with Gasteiger partial charge in [0.2, 0.25) is 0 Å². The zero-order valence-electron chi connectivity index (χ0n) is 8.55. The zero-order valence-corrected chi connectivity index (χ0v) is 8.55. The number of likely N-dealkylation sites (tertiary alicyclic amines) is 1. The van der Waals surface area contributed by atoms with Gasteiger partial charge in [-0.05, 0) is 32.5 Å². The van der Waals surface area contributed by atoms with Crippen LogP contribution in [0, 0.1) is 0 Å². The van der Waals surface area contributed by atoms with Crippen LogP contribution in [-0.4, -0.2) is 39.5 Å². The number of carboxylic acid groups (broad SMARTS) is 1. The van der Waals surface area contributed by atoms with Gasteiger partial charge in [0.15, 0.2) is 5.69 Å². The van der Waals surface area contributed by atoms with Crippen molar-refractivity contribution in [3.05, 3.63) is 23.8 Å². The summed E-state index contributed by atoms with van der Waals surface area (Å²) in [5, 5.41) is 8.81. The lowest BCUT2D eigenvalue weighted by molar-refractivity contribution is 0.0689. The quantitative estimate of drug-likeness (QED) is 0.781. The third kappa shape index (κ3) is 1.97. The molecule has 1 atom stereocenters. The van der Waals surface area contributed by atoms with E-state index in [1.54, 1.807) is 0 Å². The second-order valence-electron chi connectivity index (χ2n) is 3.74. The number of nitrogens with zero attached hydrogens (tertiary/aromatic N) is 3. The predicted octanol–water partition coefficient (Wildman–Crippen LogP) is 0.942. The molecule has 1 fully saturated rings. The molecule has 15 heavy (non-hydrogen) atoms. The van der Waals surface area contributed by atoms with E-state index < -0.39 is 5.97 Å². The van der Waals surface area contributed by atoms with E-state index in [2.05, 4.69) is 14.9 Å². The molecule has 5 heteroatoms. The predicted molar refractivity (Wildman–Crippen MR) is 53.6 cm³/mol. The first-order chi connectivity index (χ1) is 7.18. The van der Waals surface area contributed by atoms with Crippen molar-refractivity contribution in [2.75, 3.05) is 13.6 Å². The third-order valence-corrected chi connectivity index (χ3v) is 2.71. The van der Waals surface area contributed by atoms with Crippen molar-refractivity contribution in [3.63, 3.8) is 0 Å². The number of aromatic carboxylic acids is 1. The maximum absolute atomic E-state index is 10.7. The number of aromatic nitrogens is 2. The van der Waals surface area contributed by atoms with Crippen LogP contribution in [0.25, 0.3) is 0 Å². The number of rotatable bonds is 2. The van der Waals surface area contributed by atoms with Gasteiger partial charge in [-0.25, -0.2) is 14.8 Å². The number of carboxylic acids is 1. The van der Waals surface area contributed by atoms with Crippen LogP contribution in [0.5, 0.6) is 0 Å². The molecule has 0 spiro atoms. The number of carbonyl (C=O) groups is 1. The molecule has 0 amide bonds. The second-order valence-corrected chi connectivity index (χ2v) is 3.74. The van der Waals surface area contributed by atoms with E-state index in [0.29, 0.717) is 5.82 Å². The van der Waals surface area contributed by atoms with Gasteiger partial charge in [0.25, 0.3) is 0 Å². The highest BCUT2D eigenvalue weighted by atomic mass is 16.4. The molecule has 0 saturated carbocycles. The van der Waals surface area contributed by atoms with Crippen LogP contribution in [0.3, 0.4) is 0 Å². The summed E-state index contributed by atoms with van der Waals surface area (Å²) >= 11 is 0. The van der Waals surface area contributed by atoms with Crippen LogP contribution in [-0.2, 0) is 0 Å². The monoisotopic (exact) mass is 207 g/mol. The van der Waals surface area contributed by atoms with Crippen LogP contribution >= 0.6 is 0 Å². The normalized spacial score (nSPS) is 21.8. The molecule has 1 aliphatic rings. The fraction of sp³-hybridized carbons (Fsp3) is 0.500. The molecule has 1 aliphatic heterocycles. The van der Waals surface area contributed by atoms with Crippen molar-refractivity contribution in [2.45, 2.75) is 18.9 Å². The lowest BCUT2D eigenvalue weighted by Gasteiger charge is -2.17. The van der Waals surface area contributed by atoms with Crippen LogP contribution in [0.4, 0.5) is 0 Å². The first-order valence-corrected chi connectivity index (χ1v) is 4.95. The largest absolute Gasteiger partial charge is 0.477 e. The SMILES string of the molecule is CN1CCCC1c1nccc(C(=O)O)n1. The molecule has 0 aromatic carbocycles. The topological polar surface area (TPSA) is 66.3 Å². The highest BCUT2D eigenvalue weighted by Crippen LogP contribution is 2.27. The van der Waals surface area contributed by atoms with E-state index in [9.17, 15) is 4.79 Å². The van der Waals surface area contributed by atoms with Crippen molar-refractivity contribution in [2.24, 2.45) is 0 Å². The van der Waals surface area contributed by atoms with Gasteiger partial charge >= 0.3 is 5.97 Å². The summed E-state index contributed by atoms with van der Waals surface area (Å²) in [4.78, 5) is 21.1. The first kappa shape index (κ1) is 10.0. The molecule has 1 aromatic heterocycles. The van der Waals surface area contributed by atoms with Gasteiger partial charge in [0, 0.05) is 6.20 Å². The molecule has 1 saturated heterocycles. The standard InChI is InChI=1S/C10H13N3O2/c1-13-6-2-3-8(13)9-11-5-4-7(12-9)10(14)15/h4-5,8H,2-3,6H2,1H3,(H,14,15). The Balaban J connectivity index is 2.28. The molecule has 5 nitrogen and oxygen atoms in total. The summed E-state index contributed by atoms with van der Waals surface area (Å²) in [6, 6.07) is 1.59. The molecule has 0 bridgehead atoms. The molecule has 1 N–H and O–H groups in total. The lowest BCUT2D eigenvalue weighted by atomic mass is 10.2. The van der Waals surface area contributed by atoms with Gasteiger partial charge in [-0.3, -0.25) is 4.90 Å². The summed E-state index contributed by atoms with van der Waals surface area (Å²) in [5.74, 6) is -0.380. The minimum atomic E-state index is -1.00. The summed E-state index contributed by atoms with van der Waals surface area (Å²) in [6.45, 7) is 1.02. The molecule has 0 radical (unpaired) electrons. The smallest absolute Gasteiger partial charge is 0.354 e. The highest BCUT2D eigenvalue weighted by molar-refractivity contribution is 5.85. The molecule has 2 heterocycles. The van der Waals surface area contributed by atoms with Crippen molar-refractivity contribution < 1.29 is 9.90 Å². The van der Waals surface area contributed by atoms with E-state index in [4.69, 9.17) is 5.11 Å². The van der Waals surface area contributed by atoms with Gasteiger partial charge in [-0.2, -0.15) is 0 Å². The molecule has 1 unspecified atom stereocenters. The molecule has 80 valence electrons. The van der Waals surface area contributed by atoms with Gasteiger partial charge in [0.1, 0.15) is 5.82 Å². The van der Waals surface area contributed by atoms with Crippen LogP contribution in [0.2, 0.25) is 0 Å². The fourth-order valence-corrected chi connectivity index (χ4v) is 1.89. The Morgan fingerprint density at radius 3 is 3.07 bits per heavy atom. The average Bonchev–Trinajstić information content (AvgIpc) is 2.64. The Labute approximate surface area is 87.8 Å². The second kappa shape index (κ2) is 3.94. The van der Waals surface area contributed by atoms with Crippen molar-refractivity contribution >= 4 is 5.97 Å². The maximum atomic E-state index is 10.7. The summed E-state index contributed by atoms with van der Waals surface area (Å²) < 4.78 is 0. The zero-order chi connectivity index (χ0) is 10.8. The Kier molecular flexibility index (Phi) is 2.64. The number of hydrogen-bond donors (Lipinski definition) is 1. The van der Waals surface area contributed by atoms with E-state index in [-0.39, 0.29) is 11.7 Å². The van der Waals surface area contributed by atoms with Crippen molar-refractivity contribution in [1.82, 2.24) is 14.9 Å². The van der Waals surface area contributed by atoms with Crippen LogP contribution < -0.4 is 0 Å². The molecule has 0 aliphatic carbocycles. The van der Waals surface area contributed by atoms with Gasteiger partial charge < -0.3 is 5.11 Å². The Morgan fingerprint density at radius 1 is 1.67 bits per heavy atom. The first-order valence-electron chi connectivity index (χ1n) is 4.95. The van der Waals surface area contributed by atoms with Gasteiger partial charge in [-0.1, -0.05) is 0 Å².